The molecule has 10 heteroatoms. The SMILES string of the molecule is CCc1nsc(N2CCN(C(=NC)NCCCCc3ccc([N+](=O)[O-])cc3)CC2)n1. The molecule has 0 unspecified atom stereocenters. The van der Waals surface area contributed by atoms with Gasteiger partial charge >= 0.3 is 0 Å². The van der Waals surface area contributed by atoms with Gasteiger partial charge in [-0.15, -0.1) is 0 Å². The molecule has 0 radical (unpaired) electrons. The van der Waals surface area contributed by atoms with E-state index in [9.17, 15) is 10.1 Å². The number of nitrogens with one attached hydrogen (secondary N) is 1. The molecule has 0 amide bonds. The molecule has 1 saturated heterocycles. The molecule has 1 aromatic carbocycles. The first-order chi connectivity index (χ1) is 14.6. The lowest BCUT2D eigenvalue weighted by Gasteiger charge is -2.36. The summed E-state index contributed by atoms with van der Waals surface area (Å²) in [6, 6.07) is 6.82. The molecule has 0 spiro atoms. The zero-order chi connectivity index (χ0) is 21.3. The van der Waals surface area contributed by atoms with E-state index in [2.05, 4.69) is 36.4 Å². The van der Waals surface area contributed by atoms with Crippen LogP contribution in [0.5, 0.6) is 0 Å². The number of anilines is 1. The minimum Gasteiger partial charge on any atom is -0.356 e. The van der Waals surface area contributed by atoms with Crippen LogP contribution >= 0.6 is 11.5 Å². The highest BCUT2D eigenvalue weighted by Crippen LogP contribution is 2.19. The fourth-order valence-electron chi connectivity index (χ4n) is 3.40. The number of nitro benzene ring substituents is 1. The second kappa shape index (κ2) is 10.9. The van der Waals surface area contributed by atoms with Crippen molar-refractivity contribution in [2.45, 2.75) is 32.6 Å². The van der Waals surface area contributed by atoms with Gasteiger partial charge in [-0.1, -0.05) is 19.1 Å². The van der Waals surface area contributed by atoms with Crippen molar-refractivity contribution in [1.29, 1.82) is 0 Å². The number of hydrogen-bond donors (Lipinski definition) is 1. The van der Waals surface area contributed by atoms with E-state index in [0.29, 0.717) is 0 Å². The molecular weight excluding hydrogens is 402 g/mol. The Morgan fingerprint density at radius 3 is 2.57 bits per heavy atom. The number of non-ortho nitro benzene ring substituents is 1. The zero-order valence-electron chi connectivity index (χ0n) is 17.6. The maximum Gasteiger partial charge on any atom is 0.269 e. The predicted molar refractivity (Wildman–Crippen MR) is 120 cm³/mol. The molecule has 1 fully saturated rings. The largest absolute Gasteiger partial charge is 0.356 e. The second-order valence-corrected chi connectivity index (χ2v) is 7.91. The fourth-order valence-corrected chi connectivity index (χ4v) is 4.20. The lowest BCUT2D eigenvalue weighted by molar-refractivity contribution is -0.384. The summed E-state index contributed by atoms with van der Waals surface area (Å²) in [5.41, 5.74) is 1.27. The summed E-state index contributed by atoms with van der Waals surface area (Å²) >= 11 is 1.48. The molecule has 2 heterocycles. The van der Waals surface area contributed by atoms with Gasteiger partial charge in [-0.2, -0.15) is 4.37 Å². The number of benzene rings is 1. The van der Waals surface area contributed by atoms with E-state index in [1.165, 1.54) is 11.5 Å². The highest BCUT2D eigenvalue weighted by atomic mass is 32.1. The molecule has 9 nitrogen and oxygen atoms in total. The van der Waals surface area contributed by atoms with Crippen molar-refractivity contribution in [1.82, 2.24) is 19.6 Å². The first-order valence-corrected chi connectivity index (χ1v) is 11.1. The summed E-state index contributed by atoms with van der Waals surface area (Å²) in [7, 11) is 1.82. The standard InChI is InChI=1S/C20H29N7O2S/c1-3-18-23-20(30-24-18)26-14-12-25(13-15-26)19(21-2)22-11-5-4-6-16-7-9-17(10-8-16)27(28)29/h7-10H,3-6,11-15H2,1-2H3,(H,21,22). The minimum absolute atomic E-state index is 0.140. The fraction of sp³-hybridized carbons (Fsp3) is 0.550. The number of aromatic nitrogens is 2. The molecule has 1 N–H and O–H groups in total. The van der Waals surface area contributed by atoms with Crippen molar-refractivity contribution in [2.75, 3.05) is 44.7 Å². The van der Waals surface area contributed by atoms with Crippen LogP contribution in [0.1, 0.15) is 31.2 Å². The molecule has 30 heavy (non-hydrogen) atoms. The Morgan fingerprint density at radius 2 is 1.97 bits per heavy atom. The summed E-state index contributed by atoms with van der Waals surface area (Å²) in [5, 5.41) is 15.2. The highest BCUT2D eigenvalue weighted by molar-refractivity contribution is 7.09. The van der Waals surface area contributed by atoms with Crippen molar-refractivity contribution in [2.24, 2.45) is 4.99 Å². The molecule has 0 saturated carbocycles. The van der Waals surface area contributed by atoms with Gasteiger partial charge in [0.05, 0.1) is 4.92 Å². The van der Waals surface area contributed by atoms with Crippen LogP contribution in [0, 0.1) is 10.1 Å². The van der Waals surface area contributed by atoms with Crippen molar-refractivity contribution in [3.05, 3.63) is 45.8 Å². The van der Waals surface area contributed by atoms with Gasteiger partial charge in [0.1, 0.15) is 5.82 Å². The molecular formula is C20H29N7O2S. The molecule has 0 aliphatic carbocycles. The summed E-state index contributed by atoms with van der Waals surface area (Å²) in [6.07, 6.45) is 3.82. The summed E-state index contributed by atoms with van der Waals surface area (Å²) in [4.78, 5) is 23.9. The van der Waals surface area contributed by atoms with Crippen LogP contribution in [0.15, 0.2) is 29.3 Å². The maximum absolute atomic E-state index is 10.7. The topological polar surface area (TPSA) is 99.8 Å². The quantitative estimate of drug-likeness (QED) is 0.225. The molecule has 0 atom stereocenters. The highest BCUT2D eigenvalue weighted by Gasteiger charge is 2.21. The molecule has 1 aliphatic heterocycles. The van der Waals surface area contributed by atoms with Crippen LogP contribution in [0.2, 0.25) is 0 Å². The van der Waals surface area contributed by atoms with Gasteiger partial charge in [-0.05, 0) is 24.8 Å². The number of guanidine groups is 1. The second-order valence-electron chi connectivity index (χ2n) is 7.18. The van der Waals surface area contributed by atoms with E-state index in [4.69, 9.17) is 0 Å². The maximum atomic E-state index is 10.7. The van der Waals surface area contributed by atoms with E-state index in [1.54, 1.807) is 12.1 Å². The number of unbranched alkanes of at least 4 members (excludes halogenated alkanes) is 1. The van der Waals surface area contributed by atoms with E-state index >= 15 is 0 Å². The molecule has 1 aliphatic rings. The van der Waals surface area contributed by atoms with Gasteiger partial charge in [0.15, 0.2) is 5.96 Å². The lowest BCUT2D eigenvalue weighted by Crippen LogP contribution is -2.52. The number of aryl methyl sites for hydroxylation is 2. The van der Waals surface area contributed by atoms with Gasteiger partial charge in [-0.25, -0.2) is 4.98 Å². The molecule has 162 valence electrons. The van der Waals surface area contributed by atoms with E-state index in [-0.39, 0.29) is 10.6 Å². The summed E-state index contributed by atoms with van der Waals surface area (Å²) in [6.45, 7) is 6.58. The number of nitrogens with zero attached hydrogens (tertiary/aromatic N) is 6. The minimum atomic E-state index is -0.366. The van der Waals surface area contributed by atoms with Crippen LogP contribution in [0.25, 0.3) is 0 Å². The third kappa shape index (κ3) is 5.88. The Balaban J connectivity index is 1.36. The average Bonchev–Trinajstić information content (AvgIpc) is 3.26. The normalized spacial score (nSPS) is 14.8. The number of aliphatic imine (C=N–C) groups is 1. The van der Waals surface area contributed by atoms with Gasteiger partial charge in [0, 0.05) is 69.9 Å². The van der Waals surface area contributed by atoms with E-state index in [0.717, 1.165) is 80.9 Å². The lowest BCUT2D eigenvalue weighted by atomic mass is 10.1. The number of nitro groups is 1. The first kappa shape index (κ1) is 21.9. The number of hydrogen-bond acceptors (Lipinski definition) is 7. The monoisotopic (exact) mass is 431 g/mol. The van der Waals surface area contributed by atoms with Crippen LogP contribution < -0.4 is 10.2 Å². The van der Waals surface area contributed by atoms with Crippen molar-refractivity contribution in [3.8, 4) is 0 Å². The number of rotatable bonds is 8. The van der Waals surface area contributed by atoms with Crippen LogP contribution in [-0.2, 0) is 12.8 Å². The summed E-state index contributed by atoms with van der Waals surface area (Å²) < 4.78 is 4.38. The Bertz CT molecular complexity index is 845. The van der Waals surface area contributed by atoms with Crippen LogP contribution in [0.3, 0.4) is 0 Å². The third-order valence-electron chi connectivity index (χ3n) is 5.16. The Labute approximate surface area is 181 Å². The Kier molecular flexibility index (Phi) is 7.95. The third-order valence-corrected chi connectivity index (χ3v) is 5.97. The Morgan fingerprint density at radius 1 is 1.23 bits per heavy atom. The van der Waals surface area contributed by atoms with Crippen molar-refractivity contribution < 1.29 is 4.92 Å². The van der Waals surface area contributed by atoms with Crippen LogP contribution in [0.4, 0.5) is 10.8 Å². The van der Waals surface area contributed by atoms with E-state index < -0.39 is 0 Å². The van der Waals surface area contributed by atoms with Gasteiger partial charge < -0.3 is 15.1 Å². The number of piperazine rings is 1. The van der Waals surface area contributed by atoms with E-state index in [1.807, 2.05) is 19.2 Å². The molecule has 1 aromatic heterocycles. The average molecular weight is 432 g/mol. The smallest absolute Gasteiger partial charge is 0.269 e. The molecule has 2 aromatic rings. The summed E-state index contributed by atoms with van der Waals surface area (Å²) in [5.74, 6) is 1.86. The predicted octanol–water partition coefficient (Wildman–Crippen LogP) is 2.73. The Hall–Kier alpha value is -2.75. The van der Waals surface area contributed by atoms with Crippen molar-refractivity contribution >= 4 is 28.3 Å². The molecule has 0 bridgehead atoms. The van der Waals surface area contributed by atoms with Crippen molar-refractivity contribution in [3.63, 3.8) is 0 Å². The van der Waals surface area contributed by atoms with Crippen LogP contribution in [-0.4, -0.2) is 64.9 Å². The zero-order valence-corrected chi connectivity index (χ0v) is 18.4. The molecule has 3 rings (SSSR count). The van der Waals surface area contributed by atoms with Gasteiger partial charge in [-0.3, -0.25) is 15.1 Å². The van der Waals surface area contributed by atoms with Gasteiger partial charge in [0.25, 0.3) is 5.69 Å². The first-order valence-electron chi connectivity index (χ1n) is 10.4. The van der Waals surface area contributed by atoms with Gasteiger partial charge in [0.2, 0.25) is 5.13 Å².